The Labute approximate surface area is 87.9 Å². The maximum absolute atomic E-state index is 5.89. The molecule has 0 bridgehead atoms. The van der Waals surface area contributed by atoms with Gasteiger partial charge in [-0.05, 0) is 18.9 Å². The minimum atomic E-state index is 0.479. The van der Waals surface area contributed by atoms with Crippen LogP contribution in [0.15, 0.2) is 12.3 Å². The van der Waals surface area contributed by atoms with E-state index in [0.717, 1.165) is 24.6 Å². The van der Waals surface area contributed by atoms with Crippen molar-refractivity contribution in [2.75, 3.05) is 23.7 Å². The first-order valence-corrected chi connectivity index (χ1v) is 5.29. The number of nitrogens with one attached hydrogen (secondary N) is 2. The molecule has 0 aromatic carbocycles. The second-order valence-corrected chi connectivity index (χ2v) is 4.69. The SMILES string of the molecule is Clc1cnc2c(c1)NCC1(CC1)CN2. The van der Waals surface area contributed by atoms with Gasteiger partial charge in [0.05, 0.1) is 10.7 Å². The van der Waals surface area contributed by atoms with Gasteiger partial charge in [0.15, 0.2) is 0 Å². The predicted octanol–water partition coefficient (Wildman–Crippen LogP) is 2.35. The molecule has 1 aliphatic heterocycles. The van der Waals surface area contributed by atoms with Crippen molar-refractivity contribution in [1.82, 2.24) is 4.98 Å². The normalized spacial score (nSPS) is 21.8. The Hall–Kier alpha value is -0.960. The van der Waals surface area contributed by atoms with Crippen LogP contribution in [0.1, 0.15) is 12.8 Å². The molecular formula is C10H12ClN3. The van der Waals surface area contributed by atoms with Crippen LogP contribution in [0.4, 0.5) is 11.5 Å². The maximum atomic E-state index is 5.89. The average Bonchev–Trinajstić information content (AvgIpc) is 2.96. The van der Waals surface area contributed by atoms with Gasteiger partial charge in [0.25, 0.3) is 0 Å². The van der Waals surface area contributed by atoms with Crippen molar-refractivity contribution >= 4 is 23.1 Å². The predicted molar refractivity (Wildman–Crippen MR) is 57.9 cm³/mol. The van der Waals surface area contributed by atoms with Gasteiger partial charge in [0.2, 0.25) is 0 Å². The van der Waals surface area contributed by atoms with Gasteiger partial charge < -0.3 is 10.6 Å². The fourth-order valence-electron chi connectivity index (χ4n) is 1.86. The molecule has 0 saturated heterocycles. The summed E-state index contributed by atoms with van der Waals surface area (Å²) >= 11 is 5.89. The summed E-state index contributed by atoms with van der Waals surface area (Å²) in [7, 11) is 0. The molecule has 1 saturated carbocycles. The van der Waals surface area contributed by atoms with Crippen molar-refractivity contribution in [3.8, 4) is 0 Å². The average molecular weight is 210 g/mol. The van der Waals surface area contributed by atoms with E-state index in [0.29, 0.717) is 10.4 Å². The second kappa shape index (κ2) is 2.76. The molecule has 1 spiro atoms. The van der Waals surface area contributed by atoms with Crippen molar-refractivity contribution < 1.29 is 0 Å². The van der Waals surface area contributed by atoms with Crippen LogP contribution in [0.2, 0.25) is 5.02 Å². The Balaban J connectivity index is 1.93. The molecule has 1 aliphatic carbocycles. The zero-order valence-electron chi connectivity index (χ0n) is 7.81. The van der Waals surface area contributed by atoms with E-state index in [1.807, 2.05) is 6.07 Å². The van der Waals surface area contributed by atoms with Gasteiger partial charge in [-0.15, -0.1) is 0 Å². The highest BCUT2D eigenvalue weighted by Crippen LogP contribution is 2.47. The van der Waals surface area contributed by atoms with E-state index < -0.39 is 0 Å². The third kappa shape index (κ3) is 1.32. The molecule has 74 valence electrons. The molecule has 0 atom stereocenters. The number of hydrogen-bond acceptors (Lipinski definition) is 3. The van der Waals surface area contributed by atoms with Gasteiger partial charge in [0.1, 0.15) is 5.82 Å². The third-order valence-electron chi connectivity index (χ3n) is 3.10. The summed E-state index contributed by atoms with van der Waals surface area (Å²) in [6, 6.07) is 1.93. The topological polar surface area (TPSA) is 37.0 Å². The van der Waals surface area contributed by atoms with Gasteiger partial charge in [-0.3, -0.25) is 0 Å². The number of fused-ring (bicyclic) bond motifs is 1. The van der Waals surface area contributed by atoms with Gasteiger partial charge in [-0.1, -0.05) is 11.6 Å². The minimum Gasteiger partial charge on any atom is -0.381 e. The summed E-state index contributed by atoms with van der Waals surface area (Å²) in [5.41, 5.74) is 1.51. The standard InChI is InChI=1S/C10H12ClN3/c11-7-3-8-9(12-4-7)14-6-10(1-2-10)5-13-8/h3-4,13H,1-2,5-6H2,(H,12,14). The molecule has 1 aromatic rings. The Morgan fingerprint density at radius 3 is 2.86 bits per heavy atom. The smallest absolute Gasteiger partial charge is 0.149 e. The van der Waals surface area contributed by atoms with Crippen LogP contribution in [-0.2, 0) is 0 Å². The molecule has 0 unspecified atom stereocenters. The third-order valence-corrected chi connectivity index (χ3v) is 3.30. The quantitative estimate of drug-likeness (QED) is 0.689. The molecule has 3 nitrogen and oxygen atoms in total. The van der Waals surface area contributed by atoms with Crippen molar-refractivity contribution in [1.29, 1.82) is 0 Å². The van der Waals surface area contributed by atoms with Gasteiger partial charge in [-0.25, -0.2) is 4.98 Å². The first kappa shape index (κ1) is 8.36. The van der Waals surface area contributed by atoms with E-state index in [-0.39, 0.29) is 0 Å². The molecule has 3 rings (SSSR count). The monoisotopic (exact) mass is 209 g/mol. The molecule has 4 heteroatoms. The van der Waals surface area contributed by atoms with Crippen LogP contribution in [0, 0.1) is 5.41 Å². The molecule has 0 radical (unpaired) electrons. The van der Waals surface area contributed by atoms with E-state index in [2.05, 4.69) is 15.6 Å². The lowest BCUT2D eigenvalue weighted by molar-refractivity contribution is 0.581. The summed E-state index contributed by atoms with van der Waals surface area (Å²) in [5.74, 6) is 0.929. The number of anilines is 2. The Bertz CT molecular complexity index is 374. The molecule has 0 amide bonds. The lowest BCUT2D eigenvalue weighted by Gasteiger charge is -2.10. The lowest BCUT2D eigenvalue weighted by Crippen LogP contribution is -2.19. The van der Waals surface area contributed by atoms with Crippen molar-refractivity contribution in [3.05, 3.63) is 17.3 Å². The molecule has 2 aliphatic rings. The highest BCUT2D eigenvalue weighted by atomic mass is 35.5. The van der Waals surface area contributed by atoms with E-state index in [4.69, 9.17) is 11.6 Å². The van der Waals surface area contributed by atoms with E-state index >= 15 is 0 Å². The minimum absolute atomic E-state index is 0.479. The highest BCUT2D eigenvalue weighted by molar-refractivity contribution is 6.30. The van der Waals surface area contributed by atoms with E-state index in [9.17, 15) is 0 Å². The summed E-state index contributed by atoms with van der Waals surface area (Å²) in [6.07, 6.45) is 4.31. The first-order chi connectivity index (χ1) is 6.77. The summed E-state index contributed by atoms with van der Waals surface area (Å²) in [4.78, 5) is 4.27. The summed E-state index contributed by atoms with van der Waals surface area (Å²) < 4.78 is 0. The highest BCUT2D eigenvalue weighted by Gasteiger charge is 2.43. The van der Waals surface area contributed by atoms with Crippen LogP contribution in [0.5, 0.6) is 0 Å². The molecule has 2 heterocycles. The largest absolute Gasteiger partial charge is 0.381 e. The zero-order chi connectivity index (χ0) is 9.60. The molecular weight excluding hydrogens is 198 g/mol. The van der Waals surface area contributed by atoms with Gasteiger partial charge in [0, 0.05) is 24.7 Å². The molecule has 1 fully saturated rings. The number of rotatable bonds is 0. The van der Waals surface area contributed by atoms with E-state index in [1.54, 1.807) is 6.20 Å². The van der Waals surface area contributed by atoms with Gasteiger partial charge >= 0.3 is 0 Å². The summed E-state index contributed by atoms with van der Waals surface area (Å²) in [6.45, 7) is 2.07. The molecule has 2 N–H and O–H groups in total. The van der Waals surface area contributed by atoms with Crippen LogP contribution in [0.3, 0.4) is 0 Å². The molecule has 14 heavy (non-hydrogen) atoms. The Morgan fingerprint density at radius 2 is 2.07 bits per heavy atom. The number of halogens is 1. The first-order valence-electron chi connectivity index (χ1n) is 4.91. The lowest BCUT2D eigenvalue weighted by atomic mass is 10.1. The number of hydrogen-bond donors (Lipinski definition) is 2. The van der Waals surface area contributed by atoms with Crippen molar-refractivity contribution in [2.45, 2.75) is 12.8 Å². The number of aromatic nitrogens is 1. The Morgan fingerprint density at radius 1 is 1.29 bits per heavy atom. The van der Waals surface area contributed by atoms with Crippen LogP contribution < -0.4 is 10.6 Å². The second-order valence-electron chi connectivity index (χ2n) is 4.26. The van der Waals surface area contributed by atoms with E-state index in [1.165, 1.54) is 12.8 Å². The zero-order valence-corrected chi connectivity index (χ0v) is 8.56. The van der Waals surface area contributed by atoms with Crippen LogP contribution >= 0.6 is 11.6 Å². The van der Waals surface area contributed by atoms with Crippen LogP contribution in [0.25, 0.3) is 0 Å². The maximum Gasteiger partial charge on any atom is 0.149 e. The number of pyridine rings is 1. The number of nitrogens with zero attached hydrogens (tertiary/aromatic N) is 1. The summed E-state index contributed by atoms with van der Waals surface area (Å²) in [5, 5.41) is 7.47. The molecule has 1 aromatic heterocycles. The van der Waals surface area contributed by atoms with Crippen molar-refractivity contribution in [3.63, 3.8) is 0 Å². The fourth-order valence-corrected chi connectivity index (χ4v) is 2.02. The van der Waals surface area contributed by atoms with Gasteiger partial charge in [-0.2, -0.15) is 0 Å². The fraction of sp³-hybridized carbons (Fsp3) is 0.500. The van der Waals surface area contributed by atoms with Crippen molar-refractivity contribution in [2.24, 2.45) is 5.41 Å². The Kier molecular flexibility index (Phi) is 1.65. The van der Waals surface area contributed by atoms with Crippen LogP contribution in [-0.4, -0.2) is 18.1 Å².